The fourth-order valence-electron chi connectivity index (χ4n) is 5.27. The monoisotopic (exact) mass is 451 g/mol. The van der Waals surface area contributed by atoms with Gasteiger partial charge < -0.3 is 9.72 Å². The van der Waals surface area contributed by atoms with Crippen LogP contribution in [0.15, 0.2) is 72.8 Å². The summed E-state index contributed by atoms with van der Waals surface area (Å²) in [5.74, 6) is 0.518. The molecule has 4 aromatic rings. The van der Waals surface area contributed by atoms with E-state index in [-0.39, 0.29) is 18.0 Å². The van der Waals surface area contributed by atoms with Crippen molar-refractivity contribution in [2.75, 3.05) is 11.5 Å². The average Bonchev–Trinajstić information content (AvgIpc) is 3.34. The lowest BCUT2D eigenvalue weighted by molar-refractivity contribution is -0.120. The number of carbonyl (C=O) groups excluding carboxylic acids is 2. The van der Waals surface area contributed by atoms with Crippen LogP contribution in [0, 0.1) is 6.92 Å². The van der Waals surface area contributed by atoms with E-state index in [4.69, 9.17) is 4.74 Å². The lowest BCUT2D eigenvalue weighted by Gasteiger charge is -2.36. The number of imide groups is 1. The molecule has 2 aliphatic rings. The summed E-state index contributed by atoms with van der Waals surface area (Å²) in [4.78, 5) is 34.1. The van der Waals surface area contributed by atoms with E-state index in [1.54, 1.807) is 29.2 Å². The fourth-order valence-corrected chi connectivity index (χ4v) is 5.27. The highest BCUT2D eigenvalue weighted by Crippen LogP contribution is 2.44. The first kappa shape index (κ1) is 20.5. The molecule has 0 radical (unpaired) electrons. The third kappa shape index (κ3) is 3.02. The fraction of sp³-hybridized carbons (Fsp3) is 0.214. The molecule has 2 atom stereocenters. The number of urea groups is 1. The van der Waals surface area contributed by atoms with Crippen LogP contribution in [0.1, 0.15) is 35.3 Å². The highest BCUT2D eigenvalue weighted by Gasteiger charge is 2.53. The second-order valence-electron chi connectivity index (χ2n) is 8.89. The Balaban J connectivity index is 1.48. The van der Waals surface area contributed by atoms with Gasteiger partial charge in [0.05, 0.1) is 12.3 Å². The van der Waals surface area contributed by atoms with Gasteiger partial charge in [0, 0.05) is 23.0 Å². The van der Waals surface area contributed by atoms with Crippen LogP contribution < -0.4 is 9.64 Å². The van der Waals surface area contributed by atoms with E-state index in [0.29, 0.717) is 24.5 Å². The second kappa shape index (κ2) is 7.76. The van der Waals surface area contributed by atoms with Crippen LogP contribution in [0.5, 0.6) is 5.75 Å². The van der Waals surface area contributed by atoms with Gasteiger partial charge in [0.15, 0.2) is 0 Å². The zero-order valence-electron chi connectivity index (χ0n) is 19.1. The van der Waals surface area contributed by atoms with Crippen molar-refractivity contribution in [3.05, 3.63) is 95.2 Å². The van der Waals surface area contributed by atoms with E-state index in [1.165, 1.54) is 4.90 Å². The number of hydrogen-bond acceptors (Lipinski definition) is 3. The summed E-state index contributed by atoms with van der Waals surface area (Å²) in [5, 5.41) is 1.11. The Morgan fingerprint density at radius 3 is 2.44 bits per heavy atom. The van der Waals surface area contributed by atoms with Crippen LogP contribution in [-0.2, 0) is 11.2 Å². The molecule has 6 heteroatoms. The number of fused-ring (bicyclic) bond motifs is 4. The Morgan fingerprint density at radius 2 is 1.71 bits per heavy atom. The number of rotatable bonds is 4. The second-order valence-corrected chi connectivity index (χ2v) is 8.89. The van der Waals surface area contributed by atoms with Gasteiger partial charge in [0.2, 0.25) is 0 Å². The molecule has 6 nitrogen and oxygen atoms in total. The summed E-state index contributed by atoms with van der Waals surface area (Å²) >= 11 is 0. The SMILES string of the molecule is CCOc1ccc(N2C(=O)[C@H]3Cc4c([nH]c5ccccc45)C(c4ccc(C)cc4)N3C2=O)cc1. The number of nitrogens with zero attached hydrogens (tertiary/aromatic N) is 2. The minimum Gasteiger partial charge on any atom is -0.494 e. The summed E-state index contributed by atoms with van der Waals surface area (Å²) in [7, 11) is 0. The van der Waals surface area contributed by atoms with Gasteiger partial charge >= 0.3 is 6.03 Å². The molecule has 170 valence electrons. The first-order chi connectivity index (χ1) is 16.6. The van der Waals surface area contributed by atoms with Gasteiger partial charge in [-0.3, -0.25) is 9.69 Å². The topological polar surface area (TPSA) is 65.6 Å². The average molecular weight is 452 g/mol. The Bertz CT molecular complexity index is 1410. The minimum absolute atomic E-state index is 0.192. The van der Waals surface area contributed by atoms with Gasteiger partial charge in [-0.1, -0.05) is 48.0 Å². The van der Waals surface area contributed by atoms with Crippen LogP contribution in [0.25, 0.3) is 10.9 Å². The summed E-state index contributed by atoms with van der Waals surface area (Å²) < 4.78 is 5.53. The highest BCUT2D eigenvalue weighted by molar-refractivity contribution is 6.22. The molecule has 0 aliphatic carbocycles. The molecule has 1 N–H and O–H groups in total. The Hall–Kier alpha value is -4.06. The third-order valence-corrected chi connectivity index (χ3v) is 6.85. The number of H-pyrrole nitrogens is 1. The zero-order chi connectivity index (χ0) is 23.4. The van der Waals surface area contributed by atoms with E-state index in [9.17, 15) is 9.59 Å². The standard InChI is InChI=1S/C28H25N3O3/c1-3-34-20-14-12-19(13-15-20)30-27(32)24-16-22-21-6-4-5-7-23(21)29-25(22)26(31(24)28(30)33)18-10-8-17(2)9-11-18/h4-15,24,26,29H,3,16H2,1-2H3/t24-,26?/m1/s1. The van der Waals surface area contributed by atoms with Gasteiger partial charge in [0.1, 0.15) is 17.8 Å². The number of aromatic nitrogens is 1. The van der Waals surface area contributed by atoms with Crippen molar-refractivity contribution in [1.82, 2.24) is 9.88 Å². The number of amides is 3. The number of aromatic amines is 1. The third-order valence-electron chi connectivity index (χ3n) is 6.85. The molecule has 0 bridgehead atoms. The van der Waals surface area contributed by atoms with E-state index in [0.717, 1.165) is 33.3 Å². The molecule has 1 unspecified atom stereocenters. The number of carbonyl (C=O) groups is 2. The zero-order valence-corrected chi connectivity index (χ0v) is 19.1. The number of nitrogens with one attached hydrogen (secondary N) is 1. The molecule has 1 saturated heterocycles. The predicted molar refractivity (Wildman–Crippen MR) is 131 cm³/mol. The van der Waals surface area contributed by atoms with Crippen LogP contribution in [0.4, 0.5) is 10.5 Å². The smallest absolute Gasteiger partial charge is 0.332 e. The number of ether oxygens (including phenoxy) is 1. The van der Waals surface area contributed by atoms with Crippen LogP contribution in [0.3, 0.4) is 0 Å². The van der Waals surface area contributed by atoms with E-state index in [1.807, 2.05) is 44.2 Å². The summed E-state index contributed by atoms with van der Waals surface area (Å²) in [6.07, 6.45) is 0.486. The molecule has 0 saturated carbocycles. The largest absolute Gasteiger partial charge is 0.494 e. The first-order valence-corrected chi connectivity index (χ1v) is 11.6. The van der Waals surface area contributed by atoms with Crippen molar-refractivity contribution in [1.29, 1.82) is 0 Å². The predicted octanol–water partition coefficient (Wildman–Crippen LogP) is 5.36. The number of aryl methyl sites for hydroxylation is 1. The van der Waals surface area contributed by atoms with Crippen LogP contribution >= 0.6 is 0 Å². The molecular weight excluding hydrogens is 426 g/mol. The number of para-hydroxylation sites is 1. The van der Waals surface area contributed by atoms with Gasteiger partial charge in [-0.15, -0.1) is 0 Å². The van der Waals surface area contributed by atoms with E-state index in [2.05, 4.69) is 23.2 Å². The molecule has 3 heterocycles. The molecule has 3 amide bonds. The van der Waals surface area contributed by atoms with Crippen molar-refractivity contribution in [2.24, 2.45) is 0 Å². The maximum atomic E-state index is 13.8. The lowest BCUT2D eigenvalue weighted by atomic mass is 9.88. The van der Waals surface area contributed by atoms with Gasteiger partial charge in [-0.05, 0) is 55.3 Å². The van der Waals surface area contributed by atoms with Gasteiger partial charge in [-0.25, -0.2) is 9.69 Å². The number of hydrogen-bond donors (Lipinski definition) is 1. The van der Waals surface area contributed by atoms with E-state index < -0.39 is 6.04 Å². The summed E-state index contributed by atoms with van der Waals surface area (Å²) in [6.45, 7) is 4.52. The molecular formula is C28H25N3O3. The van der Waals surface area contributed by atoms with Crippen molar-refractivity contribution in [3.63, 3.8) is 0 Å². The van der Waals surface area contributed by atoms with E-state index >= 15 is 0 Å². The Kier molecular flexibility index (Phi) is 4.69. The maximum Gasteiger partial charge on any atom is 0.332 e. The minimum atomic E-state index is -0.558. The van der Waals surface area contributed by atoms with Crippen molar-refractivity contribution in [2.45, 2.75) is 32.4 Å². The molecule has 1 fully saturated rings. The summed E-state index contributed by atoms with van der Waals surface area (Å²) in [5.41, 5.74) is 5.80. The molecule has 0 spiro atoms. The molecule has 6 rings (SSSR count). The normalized spacial score (nSPS) is 19.5. The molecule has 2 aliphatic heterocycles. The number of anilines is 1. The number of benzene rings is 3. The molecule has 34 heavy (non-hydrogen) atoms. The van der Waals surface area contributed by atoms with Crippen molar-refractivity contribution >= 4 is 28.5 Å². The maximum absolute atomic E-state index is 13.8. The van der Waals surface area contributed by atoms with Crippen molar-refractivity contribution in [3.8, 4) is 5.75 Å². The molecule has 3 aromatic carbocycles. The Morgan fingerprint density at radius 1 is 0.971 bits per heavy atom. The summed E-state index contributed by atoms with van der Waals surface area (Å²) in [6, 6.07) is 22.2. The van der Waals surface area contributed by atoms with Crippen molar-refractivity contribution < 1.29 is 14.3 Å². The van der Waals surface area contributed by atoms with Crippen LogP contribution in [-0.4, -0.2) is 34.5 Å². The molecule has 1 aromatic heterocycles. The van der Waals surface area contributed by atoms with Gasteiger partial charge in [-0.2, -0.15) is 0 Å². The highest BCUT2D eigenvalue weighted by atomic mass is 16.5. The first-order valence-electron chi connectivity index (χ1n) is 11.6. The van der Waals surface area contributed by atoms with Crippen LogP contribution in [0.2, 0.25) is 0 Å². The Labute approximate surface area is 197 Å². The van der Waals surface area contributed by atoms with Gasteiger partial charge in [0.25, 0.3) is 5.91 Å². The quantitative estimate of drug-likeness (QED) is 0.425. The lowest BCUT2D eigenvalue weighted by Crippen LogP contribution is -2.44.